The third kappa shape index (κ3) is 5.87. The monoisotopic (exact) mass is 582 g/mol. The van der Waals surface area contributed by atoms with E-state index in [-0.39, 0.29) is 16.6 Å². The Morgan fingerprint density at radius 2 is 1.49 bits per heavy atom. The molecule has 0 spiro atoms. The molecule has 0 bridgehead atoms. The molecular weight excluding hydrogens is 553 g/mol. The number of pyridine rings is 1. The van der Waals surface area contributed by atoms with E-state index < -0.39 is 22.6 Å². The van der Waals surface area contributed by atoms with Gasteiger partial charge in [0, 0.05) is 68.0 Å². The number of rotatable bonds is 7. The Morgan fingerprint density at radius 3 is 2.15 bits per heavy atom. The summed E-state index contributed by atoms with van der Waals surface area (Å²) in [6.07, 6.45) is 3.87. The van der Waals surface area contributed by atoms with Crippen LogP contribution in [0.2, 0.25) is 0 Å². The molecule has 41 heavy (non-hydrogen) atoms. The van der Waals surface area contributed by atoms with Crippen molar-refractivity contribution in [2.45, 2.75) is 25.0 Å². The Balaban J connectivity index is 1.42. The fourth-order valence-electron chi connectivity index (χ4n) is 5.85. The smallest absolute Gasteiger partial charge is 0.415 e. The molecule has 3 aromatic carbocycles. The summed E-state index contributed by atoms with van der Waals surface area (Å²) in [6.45, 7) is 4.73. The molecule has 2 aliphatic rings. The maximum Gasteiger partial charge on any atom is 0.487 e. The lowest BCUT2D eigenvalue weighted by atomic mass is 10.1. The molecule has 0 saturated carbocycles. The molecule has 0 aliphatic carbocycles. The summed E-state index contributed by atoms with van der Waals surface area (Å²) in [6, 6.07) is 19.9. The zero-order valence-electron chi connectivity index (χ0n) is 22.4. The number of fused-ring (bicyclic) bond motifs is 1. The quantitative estimate of drug-likeness (QED) is 0.242. The molecule has 1 aromatic heterocycles. The van der Waals surface area contributed by atoms with Gasteiger partial charge < -0.3 is 19.1 Å². The molecule has 214 valence electrons. The number of benzene rings is 3. The Labute approximate surface area is 241 Å². The molecule has 6 nitrogen and oxygen atoms in total. The Morgan fingerprint density at radius 1 is 0.829 bits per heavy atom. The van der Waals surface area contributed by atoms with Gasteiger partial charge in [0.1, 0.15) is 11.2 Å². The molecule has 0 radical (unpaired) electrons. The van der Waals surface area contributed by atoms with Crippen LogP contribution in [-0.2, 0) is 6.54 Å². The number of likely N-dealkylation sites (tertiary alicyclic amines) is 1. The summed E-state index contributed by atoms with van der Waals surface area (Å²) in [7, 11) is 0. The van der Waals surface area contributed by atoms with Crippen LogP contribution in [-0.4, -0.2) is 54.3 Å². The van der Waals surface area contributed by atoms with Crippen molar-refractivity contribution in [1.29, 1.82) is 0 Å². The lowest BCUT2D eigenvalue weighted by molar-refractivity contribution is -0.0954. The van der Waals surface area contributed by atoms with Crippen LogP contribution >= 0.6 is 11.6 Å². The number of alkyl halides is 3. The van der Waals surface area contributed by atoms with Crippen molar-refractivity contribution < 1.29 is 17.9 Å². The molecule has 10 heteroatoms. The van der Waals surface area contributed by atoms with Gasteiger partial charge in [0.2, 0.25) is 0 Å². The van der Waals surface area contributed by atoms with Gasteiger partial charge in [0.15, 0.2) is 17.0 Å². The third-order valence-corrected chi connectivity index (χ3v) is 7.90. The van der Waals surface area contributed by atoms with Crippen LogP contribution in [0.25, 0.3) is 16.6 Å². The zero-order chi connectivity index (χ0) is 28.6. The van der Waals surface area contributed by atoms with Crippen LogP contribution in [0.4, 0.5) is 24.5 Å². The van der Waals surface area contributed by atoms with E-state index in [4.69, 9.17) is 16.3 Å². The topological polar surface area (TPSA) is 41.0 Å². The number of halogens is 4. The minimum Gasteiger partial charge on any atom is -0.415 e. The van der Waals surface area contributed by atoms with Gasteiger partial charge in [-0.15, -0.1) is 8.78 Å². The van der Waals surface area contributed by atoms with Gasteiger partial charge in [-0.05, 0) is 61.8 Å². The standard InChI is InChI=1S/C31H30ClF3N4O2/c32-31(34,35)41-30-28-25(20-26(33)29(30)38-18-16-37(17-19-38)23-6-2-1-3-7-23)27(40)12-15-39(28)24-10-8-22(9-11-24)21-36-13-4-5-14-36/h1-3,6-12,15,20H,4-5,13-14,16-19,21H2. The number of para-hydroxylation sites is 1. The lowest BCUT2D eigenvalue weighted by Gasteiger charge is -2.38. The molecule has 2 fully saturated rings. The number of aromatic nitrogens is 1. The second-order valence-electron chi connectivity index (χ2n) is 10.5. The van der Waals surface area contributed by atoms with Gasteiger partial charge in [-0.25, -0.2) is 4.39 Å². The number of nitrogens with zero attached hydrogens (tertiary/aromatic N) is 4. The minimum atomic E-state index is -4.13. The van der Waals surface area contributed by atoms with Gasteiger partial charge in [-0.2, -0.15) is 0 Å². The Kier molecular flexibility index (Phi) is 7.57. The second kappa shape index (κ2) is 11.3. The molecule has 6 rings (SSSR count). The summed E-state index contributed by atoms with van der Waals surface area (Å²) in [5, 5.41) is -0.0752. The van der Waals surface area contributed by atoms with E-state index in [0.29, 0.717) is 31.9 Å². The number of ether oxygens (including phenoxy) is 1. The highest BCUT2D eigenvalue weighted by atomic mass is 35.5. The second-order valence-corrected chi connectivity index (χ2v) is 10.9. The number of hydrogen-bond donors (Lipinski definition) is 0. The fraction of sp³-hybridized carbons (Fsp3) is 0.323. The van der Waals surface area contributed by atoms with Crippen molar-refractivity contribution in [2.75, 3.05) is 49.1 Å². The number of hydrogen-bond acceptors (Lipinski definition) is 5. The molecule has 0 amide bonds. The molecule has 2 saturated heterocycles. The Hall–Kier alpha value is -3.69. The van der Waals surface area contributed by atoms with Gasteiger partial charge in [-0.3, -0.25) is 9.69 Å². The molecule has 0 atom stereocenters. The van der Waals surface area contributed by atoms with E-state index in [0.717, 1.165) is 37.0 Å². The largest absolute Gasteiger partial charge is 0.487 e. The minimum absolute atomic E-state index is 0.0343. The average molecular weight is 583 g/mol. The van der Waals surface area contributed by atoms with Crippen molar-refractivity contribution in [3.63, 3.8) is 0 Å². The van der Waals surface area contributed by atoms with Crippen molar-refractivity contribution >= 4 is 33.9 Å². The molecule has 3 heterocycles. The first-order valence-electron chi connectivity index (χ1n) is 13.8. The first kappa shape index (κ1) is 27.5. The zero-order valence-corrected chi connectivity index (χ0v) is 23.2. The summed E-state index contributed by atoms with van der Waals surface area (Å²) in [5.74, 6) is -1.29. The van der Waals surface area contributed by atoms with Gasteiger partial charge in [0.05, 0.1) is 5.39 Å². The predicted molar refractivity (Wildman–Crippen MR) is 156 cm³/mol. The number of piperazine rings is 1. The van der Waals surface area contributed by atoms with Crippen molar-refractivity contribution in [3.05, 3.63) is 94.5 Å². The normalized spacial score (nSPS) is 16.5. The predicted octanol–water partition coefficient (Wildman–Crippen LogP) is 6.22. The van der Waals surface area contributed by atoms with Crippen LogP contribution in [0.1, 0.15) is 18.4 Å². The molecular formula is C31H30ClF3N4O2. The van der Waals surface area contributed by atoms with Gasteiger partial charge in [-0.1, -0.05) is 30.3 Å². The van der Waals surface area contributed by atoms with Crippen molar-refractivity contribution in [1.82, 2.24) is 9.47 Å². The molecule has 0 unspecified atom stereocenters. The SMILES string of the molecule is O=c1ccn(-c2ccc(CN3CCCC3)cc2)c2c(OC(F)(F)Cl)c(N3CCN(c4ccccc4)CC3)c(F)cc12. The average Bonchev–Trinajstić information content (AvgIpc) is 3.47. The summed E-state index contributed by atoms with van der Waals surface area (Å²) < 4.78 is 50.9. The molecule has 4 aromatic rings. The highest BCUT2D eigenvalue weighted by Gasteiger charge is 2.34. The number of anilines is 2. The van der Waals surface area contributed by atoms with Crippen LogP contribution in [0, 0.1) is 5.82 Å². The van der Waals surface area contributed by atoms with E-state index in [1.807, 2.05) is 54.6 Å². The van der Waals surface area contributed by atoms with Crippen LogP contribution in [0.3, 0.4) is 0 Å². The van der Waals surface area contributed by atoms with E-state index >= 15 is 4.39 Å². The first-order valence-corrected chi connectivity index (χ1v) is 14.1. The van der Waals surface area contributed by atoms with Gasteiger partial charge in [0.25, 0.3) is 0 Å². The molecule has 0 N–H and O–H groups in total. The van der Waals surface area contributed by atoms with E-state index in [1.54, 1.807) is 9.47 Å². The van der Waals surface area contributed by atoms with Crippen LogP contribution in [0.5, 0.6) is 5.75 Å². The Bertz CT molecular complexity index is 1580. The van der Waals surface area contributed by atoms with E-state index in [9.17, 15) is 13.6 Å². The maximum absolute atomic E-state index is 15.7. The van der Waals surface area contributed by atoms with Crippen LogP contribution in [0.15, 0.2) is 77.7 Å². The maximum atomic E-state index is 15.7. The van der Waals surface area contributed by atoms with E-state index in [2.05, 4.69) is 9.80 Å². The van der Waals surface area contributed by atoms with Crippen LogP contribution < -0.4 is 20.0 Å². The fourth-order valence-corrected chi connectivity index (χ4v) is 5.93. The van der Waals surface area contributed by atoms with Crippen molar-refractivity contribution in [2.24, 2.45) is 0 Å². The summed E-state index contributed by atoms with van der Waals surface area (Å²) in [5.41, 5.74) is -1.98. The first-order chi connectivity index (χ1) is 19.8. The van der Waals surface area contributed by atoms with E-state index in [1.165, 1.54) is 25.1 Å². The molecule has 2 aliphatic heterocycles. The lowest BCUT2D eigenvalue weighted by Crippen LogP contribution is -2.47. The van der Waals surface area contributed by atoms with Crippen molar-refractivity contribution in [3.8, 4) is 11.4 Å². The highest BCUT2D eigenvalue weighted by molar-refractivity contribution is 6.21. The highest BCUT2D eigenvalue weighted by Crippen LogP contribution is 2.42. The summed E-state index contributed by atoms with van der Waals surface area (Å²) >= 11 is 5.28. The third-order valence-electron chi connectivity index (χ3n) is 7.82. The van der Waals surface area contributed by atoms with Gasteiger partial charge >= 0.3 is 5.57 Å². The summed E-state index contributed by atoms with van der Waals surface area (Å²) in [4.78, 5) is 19.1.